The molecule has 0 saturated heterocycles. The van der Waals surface area contributed by atoms with Gasteiger partial charge < -0.3 is 18.8 Å². The Morgan fingerprint density at radius 2 is 2.12 bits per heavy atom. The summed E-state index contributed by atoms with van der Waals surface area (Å²) in [6.07, 6.45) is 3.27. The van der Waals surface area contributed by atoms with Crippen LogP contribution in [0.3, 0.4) is 0 Å². The molecule has 0 aliphatic rings. The van der Waals surface area contributed by atoms with Gasteiger partial charge in [-0.2, -0.15) is 0 Å². The van der Waals surface area contributed by atoms with Gasteiger partial charge in [-0.3, -0.25) is 0 Å². The molecule has 0 radical (unpaired) electrons. The van der Waals surface area contributed by atoms with E-state index in [0.29, 0.717) is 19.9 Å². The van der Waals surface area contributed by atoms with Gasteiger partial charge in [-0.25, -0.2) is 4.98 Å². The summed E-state index contributed by atoms with van der Waals surface area (Å²) < 4.78 is 12.8. The van der Waals surface area contributed by atoms with Gasteiger partial charge in [0.1, 0.15) is 6.73 Å². The lowest BCUT2D eigenvalue weighted by atomic mass is 10.5. The highest BCUT2D eigenvalue weighted by atomic mass is 28.4. The van der Waals surface area contributed by atoms with E-state index < -0.39 is 8.32 Å². The van der Waals surface area contributed by atoms with E-state index in [-0.39, 0.29) is 6.61 Å². The van der Waals surface area contributed by atoms with Crippen LogP contribution in [0.25, 0.3) is 0 Å². The molecule has 0 bridgehead atoms. The highest BCUT2D eigenvalue weighted by molar-refractivity contribution is 6.69. The van der Waals surface area contributed by atoms with Crippen molar-refractivity contribution in [3.63, 3.8) is 0 Å². The van der Waals surface area contributed by atoms with Crippen LogP contribution in [0.1, 0.15) is 5.69 Å². The SMILES string of the molecule is C[Si](C)(C)OCCOCn1cncc1CO. The van der Waals surface area contributed by atoms with Gasteiger partial charge >= 0.3 is 0 Å². The lowest BCUT2D eigenvalue weighted by molar-refractivity contribution is 0.0490. The van der Waals surface area contributed by atoms with Crippen molar-refractivity contribution < 1.29 is 14.3 Å². The van der Waals surface area contributed by atoms with Crippen LogP contribution in [0.5, 0.6) is 0 Å². The van der Waals surface area contributed by atoms with Crippen molar-refractivity contribution in [2.75, 3.05) is 13.2 Å². The molecule has 1 N–H and O–H groups in total. The Labute approximate surface area is 97.2 Å². The molecule has 1 aromatic rings. The van der Waals surface area contributed by atoms with E-state index in [1.807, 2.05) is 0 Å². The van der Waals surface area contributed by atoms with E-state index in [9.17, 15) is 0 Å². The first-order valence-corrected chi connectivity index (χ1v) is 8.75. The summed E-state index contributed by atoms with van der Waals surface area (Å²) in [6, 6.07) is 0. The number of rotatable bonds is 7. The third-order valence-electron chi connectivity index (χ3n) is 1.95. The first-order chi connectivity index (χ1) is 7.53. The Hall–Kier alpha value is -0.693. The molecule has 16 heavy (non-hydrogen) atoms. The van der Waals surface area contributed by atoms with E-state index in [1.165, 1.54) is 0 Å². The third-order valence-corrected chi connectivity index (χ3v) is 3.02. The Balaban J connectivity index is 2.16. The Morgan fingerprint density at radius 3 is 2.75 bits per heavy atom. The number of nitrogens with zero attached hydrogens (tertiary/aromatic N) is 2. The first-order valence-electron chi connectivity index (χ1n) is 5.34. The van der Waals surface area contributed by atoms with Crippen molar-refractivity contribution in [1.29, 1.82) is 0 Å². The summed E-state index contributed by atoms with van der Waals surface area (Å²) in [5, 5.41) is 8.98. The van der Waals surface area contributed by atoms with Gasteiger partial charge in [0, 0.05) is 0 Å². The van der Waals surface area contributed by atoms with Gasteiger partial charge in [-0.1, -0.05) is 0 Å². The van der Waals surface area contributed by atoms with Crippen LogP contribution >= 0.6 is 0 Å². The summed E-state index contributed by atoms with van der Waals surface area (Å²) in [5.41, 5.74) is 0.756. The lowest BCUT2D eigenvalue weighted by Gasteiger charge is -2.17. The van der Waals surface area contributed by atoms with E-state index in [0.717, 1.165) is 5.69 Å². The van der Waals surface area contributed by atoms with Crippen LogP contribution in [0, 0.1) is 0 Å². The molecule has 0 spiro atoms. The molecule has 1 rings (SSSR count). The Bertz CT molecular complexity index is 309. The number of aromatic nitrogens is 2. The summed E-state index contributed by atoms with van der Waals surface area (Å²) in [7, 11) is -1.43. The molecule has 0 saturated carbocycles. The quantitative estimate of drug-likeness (QED) is 0.578. The van der Waals surface area contributed by atoms with E-state index >= 15 is 0 Å². The van der Waals surface area contributed by atoms with Gasteiger partial charge in [0.15, 0.2) is 8.32 Å². The zero-order chi connectivity index (χ0) is 12.0. The van der Waals surface area contributed by atoms with Crippen LogP contribution in [-0.2, 0) is 22.5 Å². The maximum Gasteiger partial charge on any atom is 0.183 e. The molecular weight excluding hydrogens is 224 g/mol. The molecule has 1 aromatic heterocycles. The number of ether oxygens (including phenoxy) is 1. The number of hydrogen-bond donors (Lipinski definition) is 1. The summed E-state index contributed by atoms with van der Waals surface area (Å²) in [6.45, 7) is 8.01. The molecule has 0 aromatic carbocycles. The number of imidazole rings is 1. The molecule has 5 nitrogen and oxygen atoms in total. The number of hydrogen-bond acceptors (Lipinski definition) is 4. The molecule has 0 unspecified atom stereocenters. The predicted molar refractivity (Wildman–Crippen MR) is 63.4 cm³/mol. The summed E-state index contributed by atoms with van der Waals surface area (Å²) in [5.74, 6) is 0. The van der Waals surface area contributed by atoms with Crippen molar-refractivity contribution >= 4 is 8.32 Å². The van der Waals surface area contributed by atoms with Crippen LogP contribution in [0.15, 0.2) is 12.5 Å². The minimum absolute atomic E-state index is 0.0191. The van der Waals surface area contributed by atoms with Gasteiger partial charge in [-0.05, 0) is 19.6 Å². The topological polar surface area (TPSA) is 56.5 Å². The fraction of sp³-hybridized carbons (Fsp3) is 0.700. The smallest absolute Gasteiger partial charge is 0.183 e. The molecule has 0 aliphatic carbocycles. The zero-order valence-electron chi connectivity index (χ0n) is 10.1. The highest BCUT2D eigenvalue weighted by Crippen LogP contribution is 2.02. The molecule has 6 heteroatoms. The van der Waals surface area contributed by atoms with Crippen LogP contribution in [0.2, 0.25) is 19.6 Å². The van der Waals surface area contributed by atoms with Crippen molar-refractivity contribution in [2.24, 2.45) is 0 Å². The maximum absolute atomic E-state index is 8.98. The van der Waals surface area contributed by atoms with Crippen LogP contribution in [0.4, 0.5) is 0 Å². The molecule has 92 valence electrons. The highest BCUT2D eigenvalue weighted by Gasteiger charge is 2.13. The molecule has 1 heterocycles. The second-order valence-corrected chi connectivity index (χ2v) is 9.02. The first kappa shape index (κ1) is 13.4. The minimum atomic E-state index is -1.43. The molecular formula is C10H20N2O3Si. The largest absolute Gasteiger partial charge is 0.415 e. The lowest BCUT2D eigenvalue weighted by Crippen LogP contribution is -2.27. The monoisotopic (exact) mass is 244 g/mol. The summed E-state index contributed by atoms with van der Waals surface area (Å²) in [4.78, 5) is 3.93. The molecule has 0 atom stereocenters. The number of aliphatic hydroxyl groups is 1. The van der Waals surface area contributed by atoms with Gasteiger partial charge in [0.05, 0.1) is 38.0 Å². The Kier molecular flexibility index (Phi) is 5.13. The van der Waals surface area contributed by atoms with Crippen molar-refractivity contribution in [1.82, 2.24) is 9.55 Å². The fourth-order valence-corrected chi connectivity index (χ4v) is 1.86. The average molecular weight is 244 g/mol. The van der Waals surface area contributed by atoms with Crippen molar-refractivity contribution in [3.8, 4) is 0 Å². The van der Waals surface area contributed by atoms with E-state index in [4.69, 9.17) is 14.3 Å². The zero-order valence-corrected chi connectivity index (χ0v) is 11.1. The molecule has 0 amide bonds. The second kappa shape index (κ2) is 6.14. The predicted octanol–water partition coefficient (Wildman–Crippen LogP) is 1.20. The molecule has 0 fully saturated rings. The van der Waals surface area contributed by atoms with Crippen LogP contribution in [-0.4, -0.2) is 36.2 Å². The minimum Gasteiger partial charge on any atom is -0.415 e. The van der Waals surface area contributed by atoms with E-state index in [1.54, 1.807) is 17.1 Å². The average Bonchev–Trinajstić information content (AvgIpc) is 2.63. The molecule has 0 aliphatic heterocycles. The van der Waals surface area contributed by atoms with Gasteiger partial charge in [-0.15, -0.1) is 0 Å². The number of aliphatic hydroxyl groups excluding tert-OH is 1. The van der Waals surface area contributed by atoms with Gasteiger partial charge in [0.25, 0.3) is 0 Å². The standard InChI is InChI=1S/C10H20N2O3Si/c1-16(2,3)15-5-4-14-9-12-8-11-6-10(12)7-13/h6,8,13H,4-5,7,9H2,1-3H3. The van der Waals surface area contributed by atoms with Crippen molar-refractivity contribution in [3.05, 3.63) is 18.2 Å². The van der Waals surface area contributed by atoms with E-state index in [2.05, 4.69) is 24.6 Å². The fourth-order valence-electron chi connectivity index (χ4n) is 1.17. The Morgan fingerprint density at radius 1 is 1.38 bits per heavy atom. The maximum atomic E-state index is 8.98. The van der Waals surface area contributed by atoms with Crippen LogP contribution < -0.4 is 0 Å². The van der Waals surface area contributed by atoms with Crippen molar-refractivity contribution in [2.45, 2.75) is 33.0 Å². The normalized spacial score (nSPS) is 12.0. The second-order valence-electron chi connectivity index (χ2n) is 4.51. The summed E-state index contributed by atoms with van der Waals surface area (Å²) >= 11 is 0. The van der Waals surface area contributed by atoms with Gasteiger partial charge in [0.2, 0.25) is 0 Å². The third kappa shape index (κ3) is 4.89.